The molecule has 0 aromatic heterocycles. The molecule has 2 N–H and O–H groups in total. The molecule has 0 radical (unpaired) electrons. The number of hydrogen-bond donors (Lipinski definition) is 2. The van der Waals surface area contributed by atoms with E-state index in [1.54, 1.807) is 19.1 Å². The first kappa shape index (κ1) is 22.1. The summed E-state index contributed by atoms with van der Waals surface area (Å²) in [5.41, 5.74) is 3.01. The zero-order valence-electron chi connectivity index (χ0n) is 16.3. The highest BCUT2D eigenvalue weighted by atomic mass is 35.5. The van der Waals surface area contributed by atoms with Gasteiger partial charge in [0, 0.05) is 11.6 Å². The molecule has 1 aliphatic rings. The van der Waals surface area contributed by atoms with Gasteiger partial charge in [-0.2, -0.15) is 9.41 Å². The van der Waals surface area contributed by atoms with Gasteiger partial charge in [-0.1, -0.05) is 11.6 Å². The number of ether oxygens (including phenoxy) is 1. The SMILES string of the molecule is CCOc1cc(/C=N/NC(=O)C2CCCN2S(=O)(=O)c2ccc(Cl)cc2)ccc1O. The molecule has 160 valence electrons. The zero-order valence-corrected chi connectivity index (χ0v) is 17.9. The first-order chi connectivity index (χ1) is 14.3. The lowest BCUT2D eigenvalue weighted by Crippen LogP contribution is -2.44. The van der Waals surface area contributed by atoms with Gasteiger partial charge in [-0.25, -0.2) is 13.8 Å². The Kier molecular flexibility index (Phi) is 6.96. The summed E-state index contributed by atoms with van der Waals surface area (Å²) in [5, 5.41) is 14.1. The van der Waals surface area contributed by atoms with Crippen molar-refractivity contribution in [3.05, 3.63) is 53.1 Å². The Bertz CT molecular complexity index is 1040. The molecule has 1 unspecified atom stereocenters. The van der Waals surface area contributed by atoms with Gasteiger partial charge in [0.1, 0.15) is 6.04 Å². The van der Waals surface area contributed by atoms with Crippen LogP contribution in [-0.4, -0.2) is 49.1 Å². The molecule has 0 bridgehead atoms. The van der Waals surface area contributed by atoms with Crippen LogP contribution in [0.15, 0.2) is 52.5 Å². The maximum absolute atomic E-state index is 12.9. The van der Waals surface area contributed by atoms with E-state index in [1.165, 1.54) is 40.9 Å². The van der Waals surface area contributed by atoms with Crippen LogP contribution in [0, 0.1) is 0 Å². The monoisotopic (exact) mass is 451 g/mol. The summed E-state index contributed by atoms with van der Waals surface area (Å²) in [7, 11) is -3.83. The van der Waals surface area contributed by atoms with Crippen LogP contribution in [0.3, 0.4) is 0 Å². The quantitative estimate of drug-likeness (QED) is 0.497. The van der Waals surface area contributed by atoms with Crippen molar-refractivity contribution in [3.63, 3.8) is 0 Å². The second kappa shape index (κ2) is 9.46. The van der Waals surface area contributed by atoms with Crippen molar-refractivity contribution in [2.45, 2.75) is 30.7 Å². The number of nitrogens with zero attached hydrogens (tertiary/aromatic N) is 2. The predicted molar refractivity (Wildman–Crippen MR) is 113 cm³/mol. The Morgan fingerprint density at radius 2 is 2.07 bits per heavy atom. The zero-order chi connectivity index (χ0) is 21.7. The van der Waals surface area contributed by atoms with E-state index in [0.717, 1.165) is 0 Å². The lowest BCUT2D eigenvalue weighted by Gasteiger charge is -2.22. The van der Waals surface area contributed by atoms with Crippen molar-refractivity contribution in [2.75, 3.05) is 13.2 Å². The number of hydrogen-bond acceptors (Lipinski definition) is 6. The number of phenols is 1. The van der Waals surface area contributed by atoms with Gasteiger partial charge in [-0.3, -0.25) is 4.79 Å². The molecule has 30 heavy (non-hydrogen) atoms. The Balaban J connectivity index is 1.69. The fourth-order valence-corrected chi connectivity index (χ4v) is 4.94. The van der Waals surface area contributed by atoms with E-state index in [0.29, 0.717) is 35.8 Å². The smallest absolute Gasteiger partial charge is 0.258 e. The topological polar surface area (TPSA) is 108 Å². The first-order valence-electron chi connectivity index (χ1n) is 9.39. The van der Waals surface area contributed by atoms with Crippen LogP contribution in [-0.2, 0) is 14.8 Å². The summed E-state index contributed by atoms with van der Waals surface area (Å²) in [4.78, 5) is 12.7. The summed E-state index contributed by atoms with van der Waals surface area (Å²) in [6.45, 7) is 2.44. The average molecular weight is 452 g/mol. The molecule has 1 fully saturated rings. The van der Waals surface area contributed by atoms with E-state index in [-0.39, 0.29) is 17.2 Å². The van der Waals surface area contributed by atoms with E-state index in [4.69, 9.17) is 16.3 Å². The van der Waals surface area contributed by atoms with Gasteiger partial charge in [0.25, 0.3) is 5.91 Å². The third-order valence-corrected chi connectivity index (χ3v) is 6.77. The third-order valence-electron chi connectivity index (χ3n) is 4.60. The Morgan fingerprint density at radius 3 is 2.77 bits per heavy atom. The van der Waals surface area contributed by atoms with E-state index in [2.05, 4.69) is 10.5 Å². The van der Waals surface area contributed by atoms with Crippen LogP contribution in [0.4, 0.5) is 0 Å². The number of carbonyl (C=O) groups is 1. The van der Waals surface area contributed by atoms with Crippen LogP contribution in [0.2, 0.25) is 5.02 Å². The number of rotatable bonds is 7. The number of sulfonamides is 1. The second-order valence-corrected chi connectivity index (χ2v) is 8.95. The number of hydrazone groups is 1. The van der Waals surface area contributed by atoms with Crippen molar-refractivity contribution in [1.82, 2.24) is 9.73 Å². The van der Waals surface area contributed by atoms with Crippen molar-refractivity contribution in [2.24, 2.45) is 5.10 Å². The number of nitrogens with one attached hydrogen (secondary N) is 1. The Labute approximate surface area is 180 Å². The first-order valence-corrected chi connectivity index (χ1v) is 11.2. The Hall–Kier alpha value is -2.62. The molecule has 1 heterocycles. The predicted octanol–water partition coefficient (Wildman–Crippen LogP) is 2.75. The van der Waals surface area contributed by atoms with Gasteiger partial charge in [0.05, 0.1) is 17.7 Å². The summed E-state index contributed by atoms with van der Waals surface area (Å²) in [5.74, 6) is -0.194. The second-order valence-electron chi connectivity index (χ2n) is 6.62. The minimum absolute atomic E-state index is 0.00652. The number of halogens is 1. The molecule has 2 aromatic carbocycles. The summed E-state index contributed by atoms with van der Waals surface area (Å²) >= 11 is 5.83. The highest BCUT2D eigenvalue weighted by Crippen LogP contribution is 2.27. The summed E-state index contributed by atoms with van der Waals surface area (Å²) < 4.78 is 32.3. The number of aromatic hydroxyl groups is 1. The molecule has 1 saturated heterocycles. The van der Waals surface area contributed by atoms with Crippen LogP contribution in [0.1, 0.15) is 25.3 Å². The summed E-state index contributed by atoms with van der Waals surface area (Å²) in [6, 6.07) is 9.65. The maximum atomic E-state index is 12.9. The number of phenolic OH excluding ortho intramolecular Hbond substituents is 1. The van der Waals surface area contributed by atoms with Crippen LogP contribution < -0.4 is 10.2 Å². The van der Waals surface area contributed by atoms with Crippen molar-refractivity contribution in [3.8, 4) is 11.5 Å². The standard InChI is InChI=1S/C20H22ClN3O5S/c1-2-29-19-12-14(5-10-18(19)25)13-22-23-20(26)17-4-3-11-24(17)30(27,28)16-8-6-15(21)7-9-16/h5-10,12-13,17,25H,2-4,11H2,1H3,(H,23,26)/b22-13+. The van der Waals surface area contributed by atoms with Gasteiger partial charge >= 0.3 is 0 Å². The molecule has 1 aliphatic heterocycles. The van der Waals surface area contributed by atoms with E-state index in [9.17, 15) is 18.3 Å². The van der Waals surface area contributed by atoms with Crippen LogP contribution >= 0.6 is 11.6 Å². The fourth-order valence-electron chi connectivity index (χ4n) is 3.16. The van der Waals surface area contributed by atoms with Gasteiger partial charge in [0.2, 0.25) is 10.0 Å². The molecule has 2 aromatic rings. The van der Waals surface area contributed by atoms with Gasteiger partial charge in [-0.05, 0) is 67.8 Å². The maximum Gasteiger partial charge on any atom is 0.258 e. The van der Waals surface area contributed by atoms with E-state index in [1.807, 2.05) is 0 Å². The molecule has 1 atom stereocenters. The molecule has 0 aliphatic carbocycles. The van der Waals surface area contributed by atoms with Gasteiger partial charge in [-0.15, -0.1) is 0 Å². The highest BCUT2D eigenvalue weighted by molar-refractivity contribution is 7.89. The molecule has 3 rings (SSSR count). The van der Waals surface area contributed by atoms with Gasteiger partial charge < -0.3 is 9.84 Å². The average Bonchev–Trinajstić information content (AvgIpc) is 3.22. The Morgan fingerprint density at radius 1 is 1.33 bits per heavy atom. The minimum atomic E-state index is -3.83. The van der Waals surface area contributed by atoms with Crippen molar-refractivity contribution in [1.29, 1.82) is 0 Å². The van der Waals surface area contributed by atoms with Crippen LogP contribution in [0.5, 0.6) is 11.5 Å². The number of carbonyl (C=O) groups excluding carboxylic acids is 1. The van der Waals surface area contributed by atoms with Crippen LogP contribution in [0.25, 0.3) is 0 Å². The molecule has 0 saturated carbocycles. The van der Waals surface area contributed by atoms with E-state index < -0.39 is 22.0 Å². The number of benzene rings is 2. The normalized spacial score (nSPS) is 17.3. The molecule has 10 heteroatoms. The lowest BCUT2D eigenvalue weighted by atomic mass is 10.2. The third kappa shape index (κ3) is 4.92. The van der Waals surface area contributed by atoms with Crippen molar-refractivity contribution < 1.29 is 23.1 Å². The minimum Gasteiger partial charge on any atom is -0.504 e. The van der Waals surface area contributed by atoms with Gasteiger partial charge in [0.15, 0.2) is 11.5 Å². The molecular formula is C20H22ClN3O5S. The molecule has 0 spiro atoms. The fraction of sp³-hybridized carbons (Fsp3) is 0.300. The van der Waals surface area contributed by atoms with E-state index >= 15 is 0 Å². The molecular weight excluding hydrogens is 430 g/mol. The largest absolute Gasteiger partial charge is 0.504 e. The summed E-state index contributed by atoms with van der Waals surface area (Å²) in [6.07, 6.45) is 2.37. The lowest BCUT2D eigenvalue weighted by molar-refractivity contribution is -0.124. The number of amides is 1. The molecule has 1 amide bonds. The molecule has 8 nitrogen and oxygen atoms in total. The highest BCUT2D eigenvalue weighted by Gasteiger charge is 2.39. The van der Waals surface area contributed by atoms with Crippen molar-refractivity contribution >= 4 is 33.7 Å².